The van der Waals surface area contributed by atoms with Crippen LogP contribution in [0.15, 0.2) is 61.1 Å². The molecule has 4 rings (SSSR count). The number of pyridine rings is 1. The Hall–Kier alpha value is -3.39. The molecule has 0 spiro atoms. The van der Waals surface area contributed by atoms with Crippen molar-refractivity contribution in [2.45, 2.75) is 0 Å². The molecular formula is C17H10N4O3S. The van der Waals surface area contributed by atoms with Crippen molar-refractivity contribution in [1.29, 1.82) is 0 Å². The molecule has 0 amide bonds. The molecule has 0 radical (unpaired) electrons. The first kappa shape index (κ1) is 15.2. The summed E-state index contributed by atoms with van der Waals surface area (Å²) in [6.07, 6.45) is 2.73. The minimum absolute atomic E-state index is 0.0416. The number of aromatic nitrogens is 3. The van der Waals surface area contributed by atoms with Crippen LogP contribution in [0, 0.1) is 10.1 Å². The summed E-state index contributed by atoms with van der Waals surface area (Å²) in [5.41, 5.74) is 1.06. The Kier molecular flexibility index (Phi) is 3.79. The van der Waals surface area contributed by atoms with Crippen molar-refractivity contribution < 1.29 is 9.66 Å². The van der Waals surface area contributed by atoms with E-state index in [1.807, 2.05) is 36.4 Å². The minimum atomic E-state index is -0.587. The predicted octanol–water partition coefficient (Wildman–Crippen LogP) is 4.45. The minimum Gasteiger partial charge on any atom is -0.429 e. The van der Waals surface area contributed by atoms with Crippen LogP contribution in [0.3, 0.4) is 0 Å². The Morgan fingerprint density at radius 1 is 1.04 bits per heavy atom. The SMILES string of the molecule is O=[N+]([O-])c1ncccc1Oc1ncnc2sc(-c3ccccc3)cc12. The fourth-order valence-electron chi connectivity index (χ4n) is 2.36. The summed E-state index contributed by atoms with van der Waals surface area (Å²) in [6, 6.07) is 14.9. The second kappa shape index (κ2) is 6.25. The zero-order chi connectivity index (χ0) is 17.2. The first-order chi connectivity index (χ1) is 12.2. The molecule has 0 N–H and O–H groups in total. The molecule has 3 aromatic heterocycles. The highest BCUT2D eigenvalue weighted by molar-refractivity contribution is 7.21. The molecule has 0 aliphatic carbocycles. The summed E-state index contributed by atoms with van der Waals surface area (Å²) >= 11 is 1.50. The normalized spacial score (nSPS) is 10.7. The highest BCUT2D eigenvalue weighted by Gasteiger charge is 2.19. The quantitative estimate of drug-likeness (QED) is 0.399. The molecule has 1 aromatic carbocycles. The van der Waals surface area contributed by atoms with Crippen molar-refractivity contribution in [2.75, 3.05) is 0 Å². The summed E-state index contributed by atoms with van der Waals surface area (Å²) in [6.45, 7) is 0. The maximum absolute atomic E-state index is 11.1. The van der Waals surface area contributed by atoms with E-state index in [4.69, 9.17) is 4.74 Å². The third kappa shape index (κ3) is 2.90. The van der Waals surface area contributed by atoms with E-state index in [9.17, 15) is 10.1 Å². The van der Waals surface area contributed by atoms with Gasteiger partial charge in [-0.1, -0.05) is 30.3 Å². The van der Waals surface area contributed by atoms with Gasteiger partial charge in [0.1, 0.15) is 17.4 Å². The van der Waals surface area contributed by atoms with E-state index in [0.29, 0.717) is 5.39 Å². The lowest BCUT2D eigenvalue weighted by molar-refractivity contribution is -0.390. The van der Waals surface area contributed by atoms with Crippen molar-refractivity contribution in [1.82, 2.24) is 15.0 Å². The smallest absolute Gasteiger partial charge is 0.406 e. The monoisotopic (exact) mass is 350 g/mol. The lowest BCUT2D eigenvalue weighted by Gasteiger charge is -2.05. The van der Waals surface area contributed by atoms with Crippen molar-refractivity contribution >= 4 is 27.4 Å². The van der Waals surface area contributed by atoms with Crippen LogP contribution in [-0.2, 0) is 0 Å². The Bertz CT molecular complexity index is 1070. The number of rotatable bonds is 4. The molecule has 0 unspecified atom stereocenters. The second-order valence-electron chi connectivity index (χ2n) is 5.06. The summed E-state index contributed by atoms with van der Waals surface area (Å²) < 4.78 is 5.68. The maximum atomic E-state index is 11.1. The van der Waals surface area contributed by atoms with Crippen LogP contribution < -0.4 is 4.74 Å². The summed E-state index contributed by atoms with van der Waals surface area (Å²) in [7, 11) is 0. The highest BCUT2D eigenvalue weighted by atomic mass is 32.1. The molecule has 0 aliphatic rings. The fraction of sp³-hybridized carbons (Fsp3) is 0. The predicted molar refractivity (Wildman–Crippen MR) is 93.8 cm³/mol. The number of benzene rings is 1. The Morgan fingerprint density at radius 2 is 1.88 bits per heavy atom. The first-order valence-corrected chi connectivity index (χ1v) is 8.11. The van der Waals surface area contributed by atoms with Crippen LogP contribution in [0.5, 0.6) is 11.6 Å². The van der Waals surface area contributed by atoms with Gasteiger partial charge in [0.05, 0.1) is 5.39 Å². The number of fused-ring (bicyclic) bond motifs is 1. The van der Waals surface area contributed by atoms with Gasteiger partial charge in [0.2, 0.25) is 11.6 Å². The van der Waals surface area contributed by atoms with Gasteiger partial charge in [-0.25, -0.2) is 9.97 Å². The van der Waals surface area contributed by atoms with Crippen LogP contribution in [0.4, 0.5) is 5.82 Å². The van der Waals surface area contributed by atoms with Gasteiger partial charge in [-0.05, 0) is 33.7 Å². The maximum Gasteiger partial charge on any atom is 0.406 e. The Morgan fingerprint density at radius 3 is 2.68 bits per heavy atom. The van der Waals surface area contributed by atoms with E-state index < -0.39 is 4.92 Å². The van der Waals surface area contributed by atoms with E-state index in [1.54, 1.807) is 6.07 Å². The lowest BCUT2D eigenvalue weighted by atomic mass is 10.2. The summed E-state index contributed by atoms with van der Waals surface area (Å²) in [4.78, 5) is 24.4. The zero-order valence-corrected chi connectivity index (χ0v) is 13.5. The van der Waals surface area contributed by atoms with Crippen molar-refractivity contribution in [2.24, 2.45) is 0 Å². The van der Waals surface area contributed by atoms with E-state index in [1.165, 1.54) is 29.9 Å². The fourth-order valence-corrected chi connectivity index (χ4v) is 3.36. The molecule has 0 fully saturated rings. The molecule has 0 saturated carbocycles. The Labute approximate surface area is 145 Å². The van der Waals surface area contributed by atoms with Gasteiger partial charge < -0.3 is 14.9 Å². The van der Waals surface area contributed by atoms with Crippen LogP contribution >= 0.6 is 11.3 Å². The molecule has 4 aromatic rings. The number of nitro groups is 1. The molecular weight excluding hydrogens is 340 g/mol. The standard InChI is InChI=1S/C17H10N4O3S/c22-21(23)15-13(7-4-8-18-15)24-16-12-9-14(11-5-2-1-3-6-11)25-17(12)20-10-19-16/h1-10H. The van der Waals surface area contributed by atoms with Gasteiger partial charge in [0.25, 0.3) is 0 Å². The van der Waals surface area contributed by atoms with Crippen LogP contribution in [0.1, 0.15) is 0 Å². The Balaban J connectivity index is 1.79. The van der Waals surface area contributed by atoms with Crippen molar-refractivity contribution in [3.05, 3.63) is 71.2 Å². The third-order valence-electron chi connectivity index (χ3n) is 3.48. The average molecular weight is 350 g/mol. The van der Waals surface area contributed by atoms with E-state index >= 15 is 0 Å². The number of nitrogens with zero attached hydrogens (tertiary/aromatic N) is 4. The number of hydrogen-bond donors (Lipinski definition) is 0. The summed E-state index contributed by atoms with van der Waals surface area (Å²) in [5, 5.41) is 11.8. The van der Waals surface area contributed by atoms with Gasteiger partial charge in [0, 0.05) is 4.88 Å². The third-order valence-corrected chi connectivity index (χ3v) is 4.57. The molecule has 7 nitrogen and oxygen atoms in total. The molecule has 0 bridgehead atoms. The second-order valence-corrected chi connectivity index (χ2v) is 6.09. The van der Waals surface area contributed by atoms with E-state index in [2.05, 4.69) is 15.0 Å². The largest absolute Gasteiger partial charge is 0.429 e. The van der Waals surface area contributed by atoms with Crippen LogP contribution in [0.25, 0.3) is 20.7 Å². The van der Waals surface area contributed by atoms with Gasteiger partial charge >= 0.3 is 5.82 Å². The lowest BCUT2D eigenvalue weighted by Crippen LogP contribution is -1.97. The average Bonchev–Trinajstić information content (AvgIpc) is 3.08. The van der Waals surface area contributed by atoms with Crippen molar-refractivity contribution in [3.63, 3.8) is 0 Å². The molecule has 0 aliphatic heterocycles. The number of ether oxygens (including phenoxy) is 1. The first-order valence-electron chi connectivity index (χ1n) is 7.29. The zero-order valence-electron chi connectivity index (χ0n) is 12.7. The summed E-state index contributed by atoms with van der Waals surface area (Å²) in [5.74, 6) is -0.0488. The molecule has 122 valence electrons. The highest BCUT2D eigenvalue weighted by Crippen LogP contribution is 2.38. The van der Waals surface area contributed by atoms with E-state index in [0.717, 1.165) is 15.3 Å². The number of hydrogen-bond acceptors (Lipinski definition) is 7. The van der Waals surface area contributed by atoms with Crippen LogP contribution in [0.2, 0.25) is 0 Å². The van der Waals surface area contributed by atoms with Gasteiger partial charge in [-0.2, -0.15) is 0 Å². The molecule has 8 heteroatoms. The number of thiophene rings is 1. The van der Waals surface area contributed by atoms with Gasteiger partial charge in [0.15, 0.2) is 0 Å². The van der Waals surface area contributed by atoms with Gasteiger partial charge in [-0.15, -0.1) is 11.3 Å². The molecule has 3 heterocycles. The van der Waals surface area contributed by atoms with E-state index in [-0.39, 0.29) is 17.4 Å². The van der Waals surface area contributed by atoms with Gasteiger partial charge in [-0.3, -0.25) is 0 Å². The molecule has 0 atom stereocenters. The topological polar surface area (TPSA) is 91.0 Å². The van der Waals surface area contributed by atoms with Crippen molar-refractivity contribution in [3.8, 4) is 22.1 Å². The molecule has 25 heavy (non-hydrogen) atoms. The molecule has 0 saturated heterocycles. The van der Waals surface area contributed by atoms with Crippen LogP contribution in [-0.4, -0.2) is 19.9 Å².